The van der Waals surface area contributed by atoms with Crippen LogP contribution in [0.2, 0.25) is 0 Å². The summed E-state index contributed by atoms with van der Waals surface area (Å²) in [5.41, 5.74) is -0.848. The van der Waals surface area contributed by atoms with Crippen molar-refractivity contribution in [1.82, 2.24) is 19.7 Å². The molecule has 112 valence electrons. The normalized spacial score (nSPS) is 19.8. The van der Waals surface area contributed by atoms with Gasteiger partial charge in [-0.2, -0.15) is 18.3 Å². The standard InChI is InChI=1S/C13H14F3N5/c14-13(15,16)11-3-7-21(19-11)10-2-1-6-20(9-10)12-8-17-4-5-18-12/h3-5,7-8,10H,1-2,6,9H2. The van der Waals surface area contributed by atoms with E-state index in [-0.39, 0.29) is 6.04 Å². The van der Waals surface area contributed by atoms with E-state index in [2.05, 4.69) is 15.1 Å². The first-order valence-electron chi connectivity index (χ1n) is 6.67. The molecule has 0 aromatic carbocycles. The average molecular weight is 297 g/mol. The van der Waals surface area contributed by atoms with Crippen molar-refractivity contribution in [2.45, 2.75) is 25.1 Å². The molecule has 0 amide bonds. The van der Waals surface area contributed by atoms with Crippen molar-refractivity contribution >= 4 is 5.82 Å². The molecule has 2 aromatic heterocycles. The van der Waals surface area contributed by atoms with Crippen LogP contribution in [0.4, 0.5) is 19.0 Å². The Hall–Kier alpha value is -2.12. The van der Waals surface area contributed by atoms with Crippen molar-refractivity contribution in [3.05, 3.63) is 36.5 Å². The summed E-state index contributed by atoms with van der Waals surface area (Å²) in [6.45, 7) is 1.40. The van der Waals surface area contributed by atoms with Crippen LogP contribution >= 0.6 is 0 Å². The third-order valence-corrected chi connectivity index (χ3v) is 3.54. The molecule has 21 heavy (non-hydrogen) atoms. The predicted octanol–water partition coefficient (Wildman–Crippen LogP) is 2.53. The van der Waals surface area contributed by atoms with Gasteiger partial charge >= 0.3 is 6.18 Å². The molecule has 1 aliphatic heterocycles. The van der Waals surface area contributed by atoms with Gasteiger partial charge in [0.2, 0.25) is 0 Å². The highest BCUT2D eigenvalue weighted by atomic mass is 19.4. The van der Waals surface area contributed by atoms with Crippen LogP contribution in [0.5, 0.6) is 0 Å². The molecule has 0 radical (unpaired) electrons. The molecule has 1 unspecified atom stereocenters. The van der Waals surface area contributed by atoms with Crippen molar-refractivity contribution in [3.8, 4) is 0 Å². The van der Waals surface area contributed by atoms with E-state index in [1.165, 1.54) is 10.9 Å². The average Bonchev–Trinajstić information content (AvgIpc) is 2.98. The van der Waals surface area contributed by atoms with Crippen molar-refractivity contribution in [2.24, 2.45) is 0 Å². The lowest BCUT2D eigenvalue weighted by atomic mass is 10.1. The number of aromatic nitrogens is 4. The molecule has 0 saturated carbocycles. The van der Waals surface area contributed by atoms with Gasteiger partial charge in [-0.1, -0.05) is 0 Å². The molecule has 0 aliphatic carbocycles. The van der Waals surface area contributed by atoms with Gasteiger partial charge in [-0.25, -0.2) is 4.98 Å². The Morgan fingerprint density at radius 2 is 2.10 bits per heavy atom. The van der Waals surface area contributed by atoms with Crippen LogP contribution in [0.3, 0.4) is 0 Å². The van der Waals surface area contributed by atoms with E-state index in [0.29, 0.717) is 6.54 Å². The molecule has 0 spiro atoms. The molecule has 1 atom stereocenters. The topological polar surface area (TPSA) is 46.8 Å². The number of hydrogen-bond acceptors (Lipinski definition) is 4. The van der Waals surface area contributed by atoms with Gasteiger partial charge in [-0.15, -0.1) is 0 Å². The summed E-state index contributed by atoms with van der Waals surface area (Å²) in [6.07, 6.45) is 3.53. The molecule has 3 heterocycles. The third-order valence-electron chi connectivity index (χ3n) is 3.54. The van der Waals surface area contributed by atoms with Crippen LogP contribution in [0.15, 0.2) is 30.9 Å². The second kappa shape index (κ2) is 5.34. The fraction of sp³-hybridized carbons (Fsp3) is 0.462. The summed E-state index contributed by atoms with van der Waals surface area (Å²) >= 11 is 0. The number of alkyl halides is 3. The first-order chi connectivity index (χ1) is 10.0. The Morgan fingerprint density at radius 3 is 2.76 bits per heavy atom. The van der Waals surface area contributed by atoms with Gasteiger partial charge in [0.25, 0.3) is 0 Å². The maximum Gasteiger partial charge on any atom is 0.435 e. The summed E-state index contributed by atoms with van der Waals surface area (Å²) in [6, 6.07) is 0.929. The largest absolute Gasteiger partial charge is 0.435 e. The fourth-order valence-corrected chi connectivity index (χ4v) is 2.53. The maximum atomic E-state index is 12.6. The molecule has 3 rings (SSSR count). The van der Waals surface area contributed by atoms with E-state index >= 15 is 0 Å². The monoisotopic (exact) mass is 297 g/mol. The first kappa shape index (κ1) is 13.8. The number of halogens is 3. The maximum absolute atomic E-state index is 12.6. The molecular formula is C13H14F3N5. The van der Waals surface area contributed by atoms with Gasteiger partial charge in [-0.3, -0.25) is 9.67 Å². The minimum Gasteiger partial charge on any atom is -0.353 e. The van der Waals surface area contributed by atoms with Crippen molar-refractivity contribution in [1.29, 1.82) is 0 Å². The van der Waals surface area contributed by atoms with Gasteiger partial charge in [-0.05, 0) is 18.9 Å². The summed E-state index contributed by atoms with van der Waals surface area (Å²) in [4.78, 5) is 10.3. The zero-order valence-electron chi connectivity index (χ0n) is 11.2. The fourth-order valence-electron chi connectivity index (χ4n) is 2.53. The molecule has 1 saturated heterocycles. The van der Waals surface area contributed by atoms with Crippen molar-refractivity contribution in [2.75, 3.05) is 18.0 Å². The molecule has 2 aromatic rings. The minimum atomic E-state index is -4.40. The van der Waals surface area contributed by atoms with Crippen LogP contribution < -0.4 is 4.90 Å². The lowest BCUT2D eigenvalue weighted by Crippen LogP contribution is -2.37. The van der Waals surface area contributed by atoms with Gasteiger partial charge in [0.05, 0.1) is 12.2 Å². The van der Waals surface area contributed by atoms with Crippen LogP contribution in [0.25, 0.3) is 0 Å². The van der Waals surface area contributed by atoms with E-state index < -0.39 is 11.9 Å². The first-order valence-corrected chi connectivity index (χ1v) is 6.67. The number of piperidine rings is 1. The van der Waals surface area contributed by atoms with Crippen LogP contribution in [-0.2, 0) is 6.18 Å². The minimum absolute atomic E-state index is 0.0862. The smallest absolute Gasteiger partial charge is 0.353 e. The summed E-state index contributed by atoms with van der Waals surface area (Å²) in [5.74, 6) is 0.741. The van der Waals surface area contributed by atoms with Crippen LogP contribution in [-0.4, -0.2) is 32.8 Å². The number of nitrogens with zero attached hydrogens (tertiary/aromatic N) is 5. The highest BCUT2D eigenvalue weighted by Crippen LogP contribution is 2.29. The highest BCUT2D eigenvalue weighted by molar-refractivity contribution is 5.35. The Balaban J connectivity index is 1.76. The zero-order chi connectivity index (χ0) is 14.9. The second-order valence-electron chi connectivity index (χ2n) is 4.98. The van der Waals surface area contributed by atoms with Crippen molar-refractivity contribution < 1.29 is 13.2 Å². The van der Waals surface area contributed by atoms with Crippen LogP contribution in [0, 0.1) is 0 Å². The van der Waals surface area contributed by atoms with E-state index in [9.17, 15) is 13.2 Å². The molecule has 0 bridgehead atoms. The van der Waals surface area contributed by atoms with Gasteiger partial charge < -0.3 is 4.90 Å². The summed E-state index contributed by atoms with van der Waals surface area (Å²) < 4.78 is 39.2. The highest BCUT2D eigenvalue weighted by Gasteiger charge is 2.34. The Bertz CT molecular complexity index is 595. The SMILES string of the molecule is FC(F)(F)c1ccn(C2CCCN(c3cnccn3)C2)n1. The van der Waals surface area contributed by atoms with Crippen LogP contribution in [0.1, 0.15) is 24.6 Å². The number of anilines is 1. The van der Waals surface area contributed by atoms with Gasteiger partial charge in [0.1, 0.15) is 5.82 Å². The molecule has 5 nitrogen and oxygen atoms in total. The Labute approximate surface area is 119 Å². The quantitative estimate of drug-likeness (QED) is 0.854. The Kier molecular flexibility index (Phi) is 3.52. The van der Waals surface area contributed by atoms with Gasteiger partial charge in [0, 0.05) is 31.7 Å². The lowest BCUT2D eigenvalue weighted by Gasteiger charge is -2.33. The van der Waals surface area contributed by atoms with E-state index in [1.54, 1.807) is 18.6 Å². The van der Waals surface area contributed by atoms with E-state index in [0.717, 1.165) is 31.3 Å². The predicted molar refractivity (Wildman–Crippen MR) is 69.7 cm³/mol. The second-order valence-corrected chi connectivity index (χ2v) is 4.98. The molecule has 1 aliphatic rings. The van der Waals surface area contributed by atoms with E-state index in [1.807, 2.05) is 4.90 Å². The number of rotatable bonds is 2. The van der Waals surface area contributed by atoms with Gasteiger partial charge in [0.15, 0.2) is 5.69 Å². The number of hydrogen-bond donors (Lipinski definition) is 0. The van der Waals surface area contributed by atoms with E-state index in [4.69, 9.17) is 0 Å². The molecule has 0 N–H and O–H groups in total. The van der Waals surface area contributed by atoms with Crippen molar-refractivity contribution in [3.63, 3.8) is 0 Å². The molecule has 8 heteroatoms. The Morgan fingerprint density at radius 1 is 1.24 bits per heavy atom. The zero-order valence-corrected chi connectivity index (χ0v) is 11.2. The third kappa shape index (κ3) is 2.98. The molecule has 1 fully saturated rings. The molecular weight excluding hydrogens is 283 g/mol. The summed E-state index contributed by atoms with van der Waals surface area (Å²) in [7, 11) is 0. The summed E-state index contributed by atoms with van der Waals surface area (Å²) in [5, 5.41) is 3.66. The lowest BCUT2D eigenvalue weighted by molar-refractivity contribution is -0.141.